The quantitative estimate of drug-likeness (QED) is 0.467. The summed E-state index contributed by atoms with van der Waals surface area (Å²) in [6, 6.07) is 0.107. The highest BCUT2D eigenvalue weighted by molar-refractivity contribution is 5.94. The number of hydrogen-bond acceptors (Lipinski definition) is 4. The first-order valence-electron chi connectivity index (χ1n) is 11.1. The molecule has 0 aliphatic carbocycles. The van der Waals surface area contributed by atoms with Crippen molar-refractivity contribution in [1.29, 1.82) is 0 Å². The van der Waals surface area contributed by atoms with Gasteiger partial charge < -0.3 is 20.1 Å². The van der Waals surface area contributed by atoms with Crippen molar-refractivity contribution in [3.63, 3.8) is 0 Å². The fourth-order valence-corrected chi connectivity index (χ4v) is 4.47. The van der Waals surface area contributed by atoms with E-state index in [-0.39, 0.29) is 61.8 Å². The number of halogens is 7. The Bertz CT molecular complexity index is 1150. The standard InChI is InChI=1S/C22H23F6N5O2.ClH/c23-14-10-16(25)15(24)8-12(14)7-13(29)9-18(34)32-5-6-33-17(11-32)19(30-21(33)22(26,27)28)20(35)31-3-1-2-4-31;/h8,10,13H,1-7,9,11,29H2;1H/t13-;/m1./s1. The monoisotopic (exact) mass is 539 g/mol. The molecule has 4 rings (SSSR count). The Kier molecular flexibility index (Phi) is 8.23. The van der Waals surface area contributed by atoms with Crippen LogP contribution >= 0.6 is 12.4 Å². The molecule has 0 spiro atoms. The van der Waals surface area contributed by atoms with Crippen molar-refractivity contribution in [1.82, 2.24) is 19.4 Å². The van der Waals surface area contributed by atoms with Gasteiger partial charge in [-0.05, 0) is 30.9 Å². The molecular formula is C22H24ClF6N5O2. The Morgan fingerprint density at radius 2 is 1.61 bits per heavy atom. The number of hydrogen-bond donors (Lipinski definition) is 1. The summed E-state index contributed by atoms with van der Waals surface area (Å²) in [6.45, 7) is 0.274. The van der Waals surface area contributed by atoms with Gasteiger partial charge in [0.15, 0.2) is 17.3 Å². The van der Waals surface area contributed by atoms with Crippen molar-refractivity contribution in [2.24, 2.45) is 5.73 Å². The molecule has 1 aromatic heterocycles. The van der Waals surface area contributed by atoms with E-state index in [2.05, 4.69) is 4.98 Å². The van der Waals surface area contributed by atoms with Gasteiger partial charge in [0.2, 0.25) is 11.7 Å². The largest absolute Gasteiger partial charge is 0.449 e. The normalized spacial score (nSPS) is 16.5. The second kappa shape index (κ2) is 10.7. The third-order valence-electron chi connectivity index (χ3n) is 6.22. The number of likely N-dealkylation sites (tertiary alicyclic amines) is 1. The maximum Gasteiger partial charge on any atom is 0.449 e. The number of rotatable bonds is 5. The lowest BCUT2D eigenvalue weighted by atomic mass is 10.0. The van der Waals surface area contributed by atoms with E-state index in [0.717, 1.165) is 17.4 Å². The van der Waals surface area contributed by atoms with Gasteiger partial charge in [-0.15, -0.1) is 12.4 Å². The van der Waals surface area contributed by atoms with Crippen LogP contribution in [0.3, 0.4) is 0 Å². The minimum absolute atomic E-state index is 0. The lowest BCUT2D eigenvalue weighted by molar-refractivity contribution is -0.148. The van der Waals surface area contributed by atoms with Gasteiger partial charge in [0.05, 0.1) is 12.2 Å². The van der Waals surface area contributed by atoms with E-state index in [1.54, 1.807) is 0 Å². The van der Waals surface area contributed by atoms with Crippen molar-refractivity contribution in [3.8, 4) is 0 Å². The van der Waals surface area contributed by atoms with E-state index in [1.165, 1.54) is 9.80 Å². The van der Waals surface area contributed by atoms with E-state index < -0.39 is 47.3 Å². The lowest BCUT2D eigenvalue weighted by Crippen LogP contribution is -2.42. The van der Waals surface area contributed by atoms with Gasteiger partial charge in [-0.2, -0.15) is 13.2 Å². The molecule has 36 heavy (non-hydrogen) atoms. The van der Waals surface area contributed by atoms with Crippen LogP contribution in [-0.4, -0.2) is 56.8 Å². The molecule has 2 aromatic rings. The van der Waals surface area contributed by atoms with Gasteiger partial charge in [-0.3, -0.25) is 9.59 Å². The Hall–Kier alpha value is -2.80. The highest BCUT2D eigenvalue weighted by Crippen LogP contribution is 2.33. The number of carbonyl (C=O) groups excluding carboxylic acids is 2. The first-order valence-corrected chi connectivity index (χ1v) is 11.1. The third-order valence-corrected chi connectivity index (χ3v) is 6.22. The number of carbonyl (C=O) groups is 2. The molecule has 2 aliphatic heterocycles. The van der Waals surface area contributed by atoms with Gasteiger partial charge in [0, 0.05) is 44.7 Å². The molecule has 1 aromatic carbocycles. The van der Waals surface area contributed by atoms with Crippen molar-refractivity contribution >= 4 is 24.2 Å². The maximum absolute atomic E-state index is 13.9. The van der Waals surface area contributed by atoms with Crippen LogP contribution in [0, 0.1) is 17.5 Å². The molecule has 0 unspecified atom stereocenters. The molecular weight excluding hydrogens is 516 g/mol. The average Bonchev–Trinajstić information content (AvgIpc) is 3.44. The molecule has 3 heterocycles. The summed E-state index contributed by atoms with van der Waals surface area (Å²) in [5, 5.41) is 0. The number of nitrogens with zero attached hydrogens (tertiary/aromatic N) is 4. The average molecular weight is 540 g/mol. The summed E-state index contributed by atoms with van der Waals surface area (Å²) in [7, 11) is 0. The molecule has 0 saturated carbocycles. The van der Waals surface area contributed by atoms with Gasteiger partial charge in [-0.1, -0.05) is 0 Å². The zero-order chi connectivity index (χ0) is 25.5. The summed E-state index contributed by atoms with van der Waals surface area (Å²) < 4.78 is 82.1. The molecule has 0 radical (unpaired) electrons. The summed E-state index contributed by atoms with van der Waals surface area (Å²) in [5.74, 6) is -5.92. The lowest BCUT2D eigenvalue weighted by Gasteiger charge is -2.30. The Morgan fingerprint density at radius 1 is 0.972 bits per heavy atom. The summed E-state index contributed by atoms with van der Waals surface area (Å²) in [4.78, 5) is 32.0. The molecule has 7 nitrogen and oxygen atoms in total. The topological polar surface area (TPSA) is 84.5 Å². The second-order valence-corrected chi connectivity index (χ2v) is 8.72. The summed E-state index contributed by atoms with van der Waals surface area (Å²) in [5.41, 5.74) is 5.40. The molecule has 1 atom stereocenters. The minimum atomic E-state index is -4.78. The van der Waals surface area contributed by atoms with Crippen LogP contribution in [0.5, 0.6) is 0 Å². The van der Waals surface area contributed by atoms with Gasteiger partial charge in [-0.25, -0.2) is 18.2 Å². The number of nitrogens with two attached hydrogens (primary N) is 1. The predicted molar refractivity (Wildman–Crippen MR) is 118 cm³/mol. The highest BCUT2D eigenvalue weighted by atomic mass is 35.5. The molecule has 14 heteroatoms. The number of imidazole rings is 1. The predicted octanol–water partition coefficient (Wildman–Crippen LogP) is 3.28. The van der Waals surface area contributed by atoms with E-state index in [0.29, 0.717) is 25.2 Å². The van der Waals surface area contributed by atoms with E-state index in [9.17, 15) is 35.9 Å². The van der Waals surface area contributed by atoms with Crippen LogP contribution in [0.1, 0.15) is 46.8 Å². The van der Waals surface area contributed by atoms with E-state index >= 15 is 0 Å². The fraction of sp³-hybridized carbons (Fsp3) is 0.500. The summed E-state index contributed by atoms with van der Waals surface area (Å²) >= 11 is 0. The second-order valence-electron chi connectivity index (χ2n) is 8.72. The Morgan fingerprint density at radius 3 is 2.25 bits per heavy atom. The smallest absolute Gasteiger partial charge is 0.337 e. The zero-order valence-electron chi connectivity index (χ0n) is 19.0. The van der Waals surface area contributed by atoms with Crippen LogP contribution in [0.2, 0.25) is 0 Å². The molecule has 2 amide bonds. The van der Waals surface area contributed by atoms with Crippen LogP contribution in [0.25, 0.3) is 0 Å². The number of amides is 2. The third kappa shape index (κ3) is 5.61. The van der Waals surface area contributed by atoms with Crippen LogP contribution in [0.4, 0.5) is 26.3 Å². The highest BCUT2D eigenvalue weighted by Gasteiger charge is 2.42. The first kappa shape index (κ1) is 27.8. The Balaban J connectivity index is 0.00000361. The molecule has 2 N–H and O–H groups in total. The fourth-order valence-electron chi connectivity index (χ4n) is 4.47. The summed E-state index contributed by atoms with van der Waals surface area (Å²) in [6.07, 6.45) is -3.85. The molecule has 2 aliphatic rings. The van der Waals surface area contributed by atoms with Crippen molar-refractivity contribution in [2.45, 2.75) is 51.0 Å². The van der Waals surface area contributed by atoms with Crippen LogP contribution in [0.15, 0.2) is 12.1 Å². The van der Waals surface area contributed by atoms with Crippen molar-refractivity contribution < 1.29 is 35.9 Å². The van der Waals surface area contributed by atoms with Crippen molar-refractivity contribution in [3.05, 3.63) is 52.4 Å². The molecule has 1 fully saturated rings. The number of benzene rings is 1. The maximum atomic E-state index is 13.9. The van der Waals surface area contributed by atoms with Gasteiger partial charge in [0.25, 0.3) is 5.91 Å². The van der Waals surface area contributed by atoms with Crippen LogP contribution in [-0.2, 0) is 30.5 Å². The molecule has 0 bridgehead atoms. The Labute approximate surface area is 208 Å². The number of alkyl halides is 3. The van der Waals surface area contributed by atoms with Crippen molar-refractivity contribution in [2.75, 3.05) is 19.6 Å². The minimum Gasteiger partial charge on any atom is -0.337 e. The zero-order valence-corrected chi connectivity index (χ0v) is 19.8. The first-order chi connectivity index (χ1) is 16.5. The number of aromatic nitrogens is 2. The number of fused-ring (bicyclic) bond motifs is 1. The van der Waals surface area contributed by atoms with Gasteiger partial charge >= 0.3 is 6.18 Å². The van der Waals surface area contributed by atoms with Gasteiger partial charge in [0.1, 0.15) is 5.82 Å². The molecule has 198 valence electrons. The van der Waals surface area contributed by atoms with E-state index in [4.69, 9.17) is 5.73 Å². The molecule has 1 saturated heterocycles. The van der Waals surface area contributed by atoms with Crippen LogP contribution < -0.4 is 5.73 Å². The van der Waals surface area contributed by atoms with E-state index in [1.807, 2.05) is 0 Å². The SMILES string of the molecule is Cl.N[C@@H](CC(=O)N1CCn2c(C(F)(F)F)nc(C(=O)N3CCCC3)c2C1)Cc1cc(F)c(F)cc1F.